The molecular weight excluding hydrogens is 358 g/mol. The van der Waals surface area contributed by atoms with Crippen LogP contribution in [-0.2, 0) is 9.53 Å². The number of hydrogen-bond acceptors (Lipinski definition) is 6. The van der Waals surface area contributed by atoms with Gasteiger partial charge in [0.15, 0.2) is 0 Å². The molecule has 0 unspecified atom stereocenters. The minimum Gasteiger partial charge on any atom is -0.506 e. The van der Waals surface area contributed by atoms with E-state index < -0.39 is 17.9 Å². The van der Waals surface area contributed by atoms with Crippen LogP contribution in [-0.4, -0.2) is 30.1 Å². The van der Waals surface area contributed by atoms with E-state index in [0.717, 1.165) is 10.8 Å². The van der Waals surface area contributed by atoms with Crippen LogP contribution in [0.25, 0.3) is 10.8 Å². The van der Waals surface area contributed by atoms with Crippen molar-refractivity contribution in [1.29, 1.82) is 0 Å². The molecule has 0 saturated heterocycles. The molecule has 0 bridgehead atoms. The number of azo groups is 1. The third kappa shape index (κ3) is 4.15. The minimum absolute atomic E-state index is 0.0169. The van der Waals surface area contributed by atoms with E-state index in [1.54, 1.807) is 36.4 Å². The van der Waals surface area contributed by atoms with E-state index in [-0.39, 0.29) is 5.75 Å². The topological polar surface area (TPSA) is 100 Å². The molecule has 7 nitrogen and oxygen atoms in total. The number of phenols is 1. The van der Waals surface area contributed by atoms with E-state index in [1.807, 2.05) is 24.3 Å². The van der Waals surface area contributed by atoms with Crippen LogP contribution in [0, 0.1) is 0 Å². The number of fused-ring (bicyclic) bond motifs is 1. The number of nitrogens with zero attached hydrogens (tertiary/aromatic N) is 2. The molecule has 1 atom stereocenters. The molecule has 1 amide bonds. The molecule has 142 valence electrons. The Kier molecular flexibility index (Phi) is 5.64. The van der Waals surface area contributed by atoms with Gasteiger partial charge in [0.25, 0.3) is 5.91 Å². The number of methoxy groups -OCH3 is 1. The number of phenolic OH excluding ortho intramolecular Hbond substituents is 1. The lowest BCUT2D eigenvalue weighted by molar-refractivity contribution is -0.142. The van der Waals surface area contributed by atoms with Crippen LogP contribution >= 0.6 is 0 Å². The lowest BCUT2D eigenvalue weighted by Gasteiger charge is -2.11. The molecule has 0 spiro atoms. The molecule has 0 aliphatic carbocycles. The lowest BCUT2D eigenvalue weighted by atomic mass is 10.1. The third-order valence-corrected chi connectivity index (χ3v) is 4.16. The number of ether oxygens (including phenoxy) is 1. The summed E-state index contributed by atoms with van der Waals surface area (Å²) in [7, 11) is 1.26. The number of aromatic hydroxyl groups is 1. The summed E-state index contributed by atoms with van der Waals surface area (Å²) in [6.45, 7) is 1.54. The van der Waals surface area contributed by atoms with Crippen LogP contribution < -0.4 is 5.32 Å². The SMILES string of the molecule is COC(=O)[C@H](C)NC(=O)c1cccc(N=Nc2c(O)ccc3ccccc23)c1. The fraction of sp³-hybridized carbons (Fsp3) is 0.143. The number of rotatable bonds is 5. The van der Waals surface area contributed by atoms with Crippen LogP contribution in [0.4, 0.5) is 11.4 Å². The molecule has 28 heavy (non-hydrogen) atoms. The summed E-state index contributed by atoms with van der Waals surface area (Å²) in [5, 5.41) is 22.7. The average Bonchev–Trinajstić information content (AvgIpc) is 2.72. The van der Waals surface area contributed by atoms with Gasteiger partial charge in [-0.25, -0.2) is 4.79 Å². The standard InChI is InChI=1S/C21H19N3O4/c1-13(21(27)28-2)22-20(26)15-7-5-8-16(12-15)23-24-19-17-9-4-3-6-14(17)10-11-18(19)25/h3-13,25H,1-2H3,(H,22,26)/t13-/m0/s1. The molecule has 0 aliphatic rings. The Balaban J connectivity index is 1.85. The fourth-order valence-corrected chi connectivity index (χ4v) is 2.68. The second-order valence-electron chi connectivity index (χ2n) is 6.12. The molecule has 0 fully saturated rings. The second kappa shape index (κ2) is 8.30. The maximum atomic E-state index is 12.3. The van der Waals surface area contributed by atoms with Crippen LogP contribution in [0.15, 0.2) is 70.9 Å². The summed E-state index contributed by atoms with van der Waals surface area (Å²) < 4.78 is 4.60. The number of amides is 1. The smallest absolute Gasteiger partial charge is 0.328 e. The van der Waals surface area contributed by atoms with Crippen LogP contribution in [0.3, 0.4) is 0 Å². The van der Waals surface area contributed by atoms with Gasteiger partial charge in [-0.2, -0.15) is 5.11 Å². The van der Waals surface area contributed by atoms with Crippen molar-refractivity contribution >= 4 is 34.0 Å². The van der Waals surface area contributed by atoms with Gasteiger partial charge < -0.3 is 15.2 Å². The first-order valence-corrected chi connectivity index (χ1v) is 8.61. The van der Waals surface area contributed by atoms with Gasteiger partial charge in [-0.05, 0) is 36.6 Å². The van der Waals surface area contributed by atoms with Gasteiger partial charge in [-0.1, -0.05) is 36.4 Å². The maximum absolute atomic E-state index is 12.3. The summed E-state index contributed by atoms with van der Waals surface area (Å²) in [5.74, 6) is -0.943. The molecule has 0 saturated carbocycles. The predicted octanol–water partition coefficient (Wildman–Crippen LogP) is 4.25. The minimum atomic E-state index is -0.768. The zero-order valence-electron chi connectivity index (χ0n) is 15.4. The Morgan fingerprint density at radius 3 is 2.61 bits per heavy atom. The summed E-state index contributed by atoms with van der Waals surface area (Å²) in [6, 6.07) is 16.6. The van der Waals surface area contributed by atoms with Gasteiger partial charge in [0, 0.05) is 10.9 Å². The van der Waals surface area contributed by atoms with Gasteiger partial charge >= 0.3 is 5.97 Å². The zero-order valence-corrected chi connectivity index (χ0v) is 15.4. The number of esters is 1. The number of benzene rings is 3. The number of carbonyl (C=O) groups excluding carboxylic acids is 2. The molecule has 0 radical (unpaired) electrons. The van der Waals surface area contributed by atoms with E-state index in [2.05, 4.69) is 20.3 Å². The monoisotopic (exact) mass is 377 g/mol. The number of carbonyl (C=O) groups is 2. The molecule has 0 heterocycles. The van der Waals surface area contributed by atoms with E-state index in [1.165, 1.54) is 14.0 Å². The van der Waals surface area contributed by atoms with Crippen molar-refractivity contribution in [3.05, 3.63) is 66.2 Å². The molecule has 3 aromatic carbocycles. The predicted molar refractivity (Wildman–Crippen MR) is 105 cm³/mol. The van der Waals surface area contributed by atoms with Crippen LogP contribution in [0.1, 0.15) is 17.3 Å². The zero-order chi connectivity index (χ0) is 20.1. The summed E-state index contributed by atoms with van der Waals surface area (Å²) >= 11 is 0. The van der Waals surface area contributed by atoms with Crippen molar-refractivity contribution in [2.24, 2.45) is 10.2 Å². The Labute approximate surface area is 161 Å². The summed E-state index contributed by atoms with van der Waals surface area (Å²) in [5.41, 5.74) is 1.12. The van der Waals surface area contributed by atoms with Crippen LogP contribution in [0.5, 0.6) is 5.75 Å². The first-order valence-electron chi connectivity index (χ1n) is 8.61. The molecule has 0 aromatic heterocycles. The van der Waals surface area contributed by atoms with Crippen LogP contribution in [0.2, 0.25) is 0 Å². The largest absolute Gasteiger partial charge is 0.506 e. The highest BCUT2D eigenvalue weighted by molar-refractivity contribution is 5.97. The summed E-state index contributed by atoms with van der Waals surface area (Å²) in [4.78, 5) is 23.7. The van der Waals surface area contributed by atoms with Crippen molar-refractivity contribution in [1.82, 2.24) is 5.32 Å². The Morgan fingerprint density at radius 1 is 1.04 bits per heavy atom. The van der Waals surface area contributed by atoms with Gasteiger partial charge in [0.2, 0.25) is 0 Å². The Morgan fingerprint density at radius 2 is 1.82 bits per heavy atom. The molecular formula is C21H19N3O4. The normalized spacial score (nSPS) is 12.1. The second-order valence-corrected chi connectivity index (χ2v) is 6.12. The Bertz CT molecular complexity index is 1060. The van der Waals surface area contributed by atoms with Gasteiger partial charge in [0.1, 0.15) is 17.5 Å². The van der Waals surface area contributed by atoms with Crippen molar-refractivity contribution in [3.8, 4) is 5.75 Å². The quantitative estimate of drug-likeness (QED) is 0.513. The first kappa shape index (κ1) is 19.0. The first-order chi connectivity index (χ1) is 13.5. The van der Waals surface area contributed by atoms with Gasteiger partial charge in [-0.3, -0.25) is 4.79 Å². The molecule has 3 rings (SSSR count). The number of nitrogens with one attached hydrogen (secondary N) is 1. The maximum Gasteiger partial charge on any atom is 0.328 e. The molecule has 2 N–H and O–H groups in total. The molecule has 3 aromatic rings. The van der Waals surface area contributed by atoms with Gasteiger partial charge in [0.05, 0.1) is 12.8 Å². The van der Waals surface area contributed by atoms with E-state index >= 15 is 0 Å². The van der Waals surface area contributed by atoms with Gasteiger partial charge in [-0.15, -0.1) is 5.11 Å². The summed E-state index contributed by atoms with van der Waals surface area (Å²) in [6.07, 6.45) is 0. The fourth-order valence-electron chi connectivity index (χ4n) is 2.68. The highest BCUT2D eigenvalue weighted by atomic mass is 16.5. The lowest BCUT2D eigenvalue weighted by Crippen LogP contribution is -2.39. The van der Waals surface area contributed by atoms with Crippen molar-refractivity contribution in [3.63, 3.8) is 0 Å². The number of hydrogen-bond donors (Lipinski definition) is 2. The highest BCUT2D eigenvalue weighted by Crippen LogP contribution is 2.35. The third-order valence-electron chi connectivity index (χ3n) is 4.16. The van der Waals surface area contributed by atoms with Crippen molar-refractivity contribution < 1.29 is 19.4 Å². The van der Waals surface area contributed by atoms with Crippen molar-refractivity contribution in [2.75, 3.05) is 7.11 Å². The average molecular weight is 377 g/mol. The highest BCUT2D eigenvalue weighted by Gasteiger charge is 2.17. The van der Waals surface area contributed by atoms with E-state index in [0.29, 0.717) is 16.9 Å². The molecule has 0 aliphatic heterocycles. The van der Waals surface area contributed by atoms with E-state index in [4.69, 9.17) is 0 Å². The molecule has 7 heteroatoms. The Hall–Kier alpha value is -3.74. The van der Waals surface area contributed by atoms with Crippen molar-refractivity contribution in [2.45, 2.75) is 13.0 Å². The van der Waals surface area contributed by atoms with E-state index in [9.17, 15) is 14.7 Å².